The van der Waals surface area contributed by atoms with E-state index in [0.717, 1.165) is 12.5 Å². The van der Waals surface area contributed by atoms with Crippen LogP contribution in [0.15, 0.2) is 23.1 Å². The van der Waals surface area contributed by atoms with Crippen molar-refractivity contribution in [3.8, 4) is 0 Å². The molecule has 0 aliphatic carbocycles. The molecule has 2 atom stereocenters. The molecule has 1 amide bonds. The molecule has 10 heteroatoms. The van der Waals surface area contributed by atoms with E-state index < -0.39 is 14.9 Å². The number of nitro benzene ring substituents is 1. The smallest absolute Gasteiger partial charge is 0.293 e. The summed E-state index contributed by atoms with van der Waals surface area (Å²) >= 11 is 0. The fourth-order valence-electron chi connectivity index (χ4n) is 3.36. The van der Waals surface area contributed by atoms with Crippen LogP contribution in [0.2, 0.25) is 0 Å². The summed E-state index contributed by atoms with van der Waals surface area (Å²) in [4.78, 5) is 21.6. The van der Waals surface area contributed by atoms with Gasteiger partial charge in [0.2, 0.25) is 15.9 Å². The van der Waals surface area contributed by atoms with Gasteiger partial charge in [0, 0.05) is 39.2 Å². The van der Waals surface area contributed by atoms with Crippen LogP contribution in [0.5, 0.6) is 0 Å². The number of nitro groups is 1. The molecule has 1 saturated heterocycles. The number of piperidine rings is 1. The van der Waals surface area contributed by atoms with Gasteiger partial charge in [-0.3, -0.25) is 14.9 Å². The minimum atomic E-state index is -3.79. The standard InChI is InChI=1S/C17H26N4O5S/c1-12-8-13(2)11-20(10-12)27(25,26)15-4-5-16(17(9-15)21(23)24)19-7-6-18-14(3)22/h4-5,9,12-13,19H,6-8,10-11H2,1-3H3,(H,18,22)/t12-,13+. The quantitative estimate of drug-likeness (QED) is 0.410. The van der Waals surface area contributed by atoms with Crippen LogP contribution in [0.3, 0.4) is 0 Å². The molecule has 0 saturated carbocycles. The van der Waals surface area contributed by atoms with Gasteiger partial charge in [0.25, 0.3) is 5.69 Å². The lowest BCUT2D eigenvalue weighted by Gasteiger charge is -2.34. The largest absolute Gasteiger partial charge is 0.378 e. The van der Waals surface area contributed by atoms with E-state index in [9.17, 15) is 23.3 Å². The first-order valence-electron chi connectivity index (χ1n) is 8.88. The second-order valence-corrected chi connectivity index (χ2v) is 9.05. The maximum atomic E-state index is 12.9. The van der Waals surface area contributed by atoms with Crippen LogP contribution < -0.4 is 10.6 Å². The molecule has 0 unspecified atom stereocenters. The lowest BCUT2D eigenvalue weighted by atomic mass is 9.94. The van der Waals surface area contributed by atoms with Gasteiger partial charge in [0.1, 0.15) is 5.69 Å². The van der Waals surface area contributed by atoms with E-state index in [4.69, 9.17) is 0 Å². The van der Waals surface area contributed by atoms with Crippen LogP contribution in [-0.2, 0) is 14.8 Å². The summed E-state index contributed by atoms with van der Waals surface area (Å²) < 4.78 is 27.3. The van der Waals surface area contributed by atoms with Crippen molar-refractivity contribution in [1.29, 1.82) is 0 Å². The lowest BCUT2D eigenvalue weighted by molar-refractivity contribution is -0.384. The van der Waals surface area contributed by atoms with Gasteiger partial charge >= 0.3 is 0 Å². The highest BCUT2D eigenvalue weighted by Crippen LogP contribution is 2.31. The Morgan fingerprint density at radius 3 is 2.44 bits per heavy atom. The molecule has 1 aliphatic heterocycles. The lowest BCUT2D eigenvalue weighted by Crippen LogP contribution is -2.42. The molecule has 2 rings (SSSR count). The van der Waals surface area contributed by atoms with Gasteiger partial charge in [0.15, 0.2) is 0 Å². The molecule has 2 N–H and O–H groups in total. The molecule has 1 heterocycles. The maximum Gasteiger partial charge on any atom is 0.293 e. The molecule has 0 bridgehead atoms. The van der Waals surface area contributed by atoms with Crippen molar-refractivity contribution < 1.29 is 18.1 Å². The predicted molar refractivity (Wildman–Crippen MR) is 102 cm³/mol. The normalized spacial score (nSPS) is 20.9. The third-order valence-corrected chi connectivity index (χ3v) is 6.28. The number of carbonyl (C=O) groups excluding carboxylic acids is 1. The summed E-state index contributed by atoms with van der Waals surface area (Å²) in [5, 5.41) is 16.8. The number of benzene rings is 1. The van der Waals surface area contributed by atoms with Crippen LogP contribution in [0.25, 0.3) is 0 Å². The highest BCUT2D eigenvalue weighted by atomic mass is 32.2. The molecule has 0 radical (unpaired) electrons. The topological polar surface area (TPSA) is 122 Å². The number of sulfonamides is 1. The third kappa shape index (κ3) is 5.39. The minimum absolute atomic E-state index is 0.0806. The van der Waals surface area contributed by atoms with E-state index in [1.807, 2.05) is 13.8 Å². The zero-order valence-electron chi connectivity index (χ0n) is 15.8. The van der Waals surface area contributed by atoms with E-state index in [2.05, 4.69) is 10.6 Å². The number of rotatable bonds is 7. The molecular formula is C17H26N4O5S. The molecule has 9 nitrogen and oxygen atoms in total. The molecule has 0 aromatic heterocycles. The summed E-state index contributed by atoms with van der Waals surface area (Å²) in [6.07, 6.45) is 0.962. The summed E-state index contributed by atoms with van der Waals surface area (Å²) in [5.41, 5.74) is -0.0957. The number of hydrogen-bond donors (Lipinski definition) is 2. The van der Waals surface area contributed by atoms with E-state index in [-0.39, 0.29) is 40.6 Å². The van der Waals surface area contributed by atoms with Crippen molar-refractivity contribution in [3.05, 3.63) is 28.3 Å². The Labute approximate surface area is 159 Å². The van der Waals surface area contributed by atoms with Gasteiger partial charge in [-0.05, 0) is 30.4 Å². The average molecular weight is 398 g/mol. The number of carbonyl (C=O) groups is 1. The Kier molecular flexibility index (Phi) is 6.77. The average Bonchev–Trinajstić information content (AvgIpc) is 2.57. The Hall–Kier alpha value is -2.20. The van der Waals surface area contributed by atoms with Crippen LogP contribution in [0.1, 0.15) is 27.2 Å². The van der Waals surface area contributed by atoms with Gasteiger partial charge in [0.05, 0.1) is 9.82 Å². The van der Waals surface area contributed by atoms with Crippen LogP contribution in [0.4, 0.5) is 11.4 Å². The molecule has 150 valence electrons. The van der Waals surface area contributed by atoms with Crippen molar-refractivity contribution >= 4 is 27.3 Å². The Morgan fingerprint density at radius 2 is 1.89 bits per heavy atom. The van der Waals surface area contributed by atoms with Crippen molar-refractivity contribution in [2.75, 3.05) is 31.5 Å². The fraction of sp³-hybridized carbons (Fsp3) is 0.588. The second kappa shape index (κ2) is 8.66. The first-order valence-corrected chi connectivity index (χ1v) is 10.3. The molecule has 1 aliphatic rings. The van der Waals surface area contributed by atoms with Crippen molar-refractivity contribution in [3.63, 3.8) is 0 Å². The van der Waals surface area contributed by atoms with E-state index in [1.165, 1.54) is 23.4 Å². The molecule has 1 aromatic rings. The van der Waals surface area contributed by atoms with Gasteiger partial charge < -0.3 is 10.6 Å². The van der Waals surface area contributed by atoms with Crippen LogP contribution in [-0.4, -0.2) is 49.7 Å². The summed E-state index contributed by atoms with van der Waals surface area (Å²) in [7, 11) is -3.79. The Morgan fingerprint density at radius 1 is 1.26 bits per heavy atom. The van der Waals surface area contributed by atoms with Crippen molar-refractivity contribution in [2.45, 2.75) is 32.1 Å². The summed E-state index contributed by atoms with van der Waals surface area (Å²) in [6, 6.07) is 3.88. The van der Waals surface area contributed by atoms with Gasteiger partial charge in [-0.2, -0.15) is 4.31 Å². The molecule has 1 fully saturated rings. The maximum absolute atomic E-state index is 12.9. The van der Waals surface area contributed by atoms with E-state index in [1.54, 1.807) is 0 Å². The highest BCUT2D eigenvalue weighted by molar-refractivity contribution is 7.89. The summed E-state index contributed by atoms with van der Waals surface area (Å²) in [5.74, 6) is 0.291. The van der Waals surface area contributed by atoms with Gasteiger partial charge in [-0.15, -0.1) is 0 Å². The first-order chi connectivity index (χ1) is 12.6. The number of amides is 1. The third-order valence-electron chi connectivity index (χ3n) is 4.45. The SMILES string of the molecule is CC(=O)NCCNc1ccc(S(=O)(=O)N2C[C@H](C)C[C@H](C)C2)cc1[N+](=O)[O-]. The van der Waals surface area contributed by atoms with Gasteiger partial charge in [-0.1, -0.05) is 13.8 Å². The molecular weight excluding hydrogens is 372 g/mol. The zero-order chi connectivity index (χ0) is 20.2. The van der Waals surface area contributed by atoms with E-state index >= 15 is 0 Å². The number of anilines is 1. The molecule has 27 heavy (non-hydrogen) atoms. The number of hydrogen-bond acceptors (Lipinski definition) is 6. The Balaban J connectivity index is 2.23. The van der Waals surface area contributed by atoms with Crippen molar-refractivity contribution in [1.82, 2.24) is 9.62 Å². The minimum Gasteiger partial charge on any atom is -0.378 e. The van der Waals surface area contributed by atoms with Gasteiger partial charge in [-0.25, -0.2) is 8.42 Å². The monoisotopic (exact) mass is 398 g/mol. The van der Waals surface area contributed by atoms with Crippen LogP contribution >= 0.6 is 0 Å². The van der Waals surface area contributed by atoms with E-state index in [0.29, 0.717) is 19.6 Å². The van der Waals surface area contributed by atoms with Crippen molar-refractivity contribution in [2.24, 2.45) is 11.8 Å². The van der Waals surface area contributed by atoms with Crippen LogP contribution in [0, 0.1) is 22.0 Å². The first kappa shape index (κ1) is 21.1. The number of nitrogens with zero attached hydrogens (tertiary/aromatic N) is 2. The molecule has 0 spiro atoms. The Bertz CT molecular complexity index is 802. The second-order valence-electron chi connectivity index (χ2n) is 7.11. The fourth-order valence-corrected chi connectivity index (χ4v) is 5.06. The number of nitrogens with one attached hydrogen (secondary N) is 2. The summed E-state index contributed by atoms with van der Waals surface area (Å²) in [6.45, 7) is 6.80. The zero-order valence-corrected chi connectivity index (χ0v) is 16.6. The predicted octanol–water partition coefficient (Wildman–Crippen LogP) is 1.81. The molecule has 1 aromatic carbocycles. The highest BCUT2D eigenvalue weighted by Gasteiger charge is 2.33.